The predicted octanol–water partition coefficient (Wildman–Crippen LogP) is 2.48. The van der Waals surface area contributed by atoms with Crippen LogP contribution in [0.25, 0.3) is 10.2 Å². The number of rotatable bonds is 0. The molecule has 0 saturated carbocycles. The third-order valence-electron chi connectivity index (χ3n) is 1.72. The van der Waals surface area contributed by atoms with E-state index in [2.05, 4.69) is 17.6 Å². The van der Waals surface area contributed by atoms with Crippen LogP contribution in [0.5, 0.6) is 0 Å². The van der Waals surface area contributed by atoms with Gasteiger partial charge in [0.15, 0.2) is 5.13 Å². The van der Waals surface area contributed by atoms with Crippen molar-refractivity contribution in [3.05, 3.63) is 17.7 Å². The van der Waals surface area contributed by atoms with Crippen LogP contribution in [0.2, 0.25) is 0 Å². The Labute approximate surface area is 79.8 Å². The third kappa shape index (κ3) is 1.17. The summed E-state index contributed by atoms with van der Waals surface area (Å²) < 4.78 is 1.10. The van der Waals surface area contributed by atoms with Crippen LogP contribution in [0, 0.1) is 6.92 Å². The van der Waals surface area contributed by atoms with Gasteiger partial charge in [0.1, 0.15) is 0 Å². The molecule has 0 aliphatic carbocycles. The maximum atomic E-state index is 5.57. The molecule has 0 bridgehead atoms. The van der Waals surface area contributed by atoms with Crippen molar-refractivity contribution in [1.82, 2.24) is 4.98 Å². The summed E-state index contributed by atoms with van der Waals surface area (Å²) in [6.45, 7) is 2.01. The summed E-state index contributed by atoms with van der Waals surface area (Å²) in [5, 5.41) is 0.614. The Kier molecular flexibility index (Phi) is 1.73. The van der Waals surface area contributed by atoms with Gasteiger partial charge in [-0.2, -0.15) is 0 Å². The number of fused-ring (bicyclic) bond motifs is 1. The lowest BCUT2D eigenvalue weighted by Gasteiger charge is -1.95. The van der Waals surface area contributed by atoms with E-state index in [0.717, 1.165) is 20.7 Å². The van der Waals surface area contributed by atoms with Crippen molar-refractivity contribution in [1.29, 1.82) is 0 Å². The van der Waals surface area contributed by atoms with Crippen LogP contribution in [-0.2, 0) is 0 Å². The first-order valence-corrected chi connectivity index (χ1v) is 4.79. The molecule has 62 valence electrons. The van der Waals surface area contributed by atoms with Gasteiger partial charge in [0.05, 0.1) is 10.2 Å². The van der Waals surface area contributed by atoms with E-state index in [1.165, 1.54) is 11.3 Å². The number of aryl methyl sites for hydroxylation is 1. The number of nitrogens with two attached hydrogens (primary N) is 1. The maximum Gasteiger partial charge on any atom is 0.181 e. The molecule has 0 atom stereocenters. The van der Waals surface area contributed by atoms with Crippen molar-refractivity contribution in [2.45, 2.75) is 11.8 Å². The van der Waals surface area contributed by atoms with Crippen LogP contribution in [0.15, 0.2) is 17.0 Å². The first-order valence-electron chi connectivity index (χ1n) is 3.52. The Hall–Kier alpha value is -0.740. The van der Waals surface area contributed by atoms with Crippen LogP contribution in [0.3, 0.4) is 0 Å². The van der Waals surface area contributed by atoms with Crippen LogP contribution < -0.4 is 5.73 Å². The minimum Gasteiger partial charge on any atom is -0.375 e. The van der Waals surface area contributed by atoms with Crippen molar-refractivity contribution in [3.63, 3.8) is 0 Å². The van der Waals surface area contributed by atoms with Crippen LogP contribution in [0.1, 0.15) is 5.56 Å². The first kappa shape index (κ1) is 7.89. The molecule has 1 aromatic carbocycles. The molecule has 12 heavy (non-hydrogen) atoms. The second kappa shape index (κ2) is 2.64. The molecule has 2 rings (SSSR count). The smallest absolute Gasteiger partial charge is 0.181 e. The third-order valence-corrected chi connectivity index (χ3v) is 3.05. The summed E-state index contributed by atoms with van der Waals surface area (Å²) in [6, 6.07) is 4.01. The van der Waals surface area contributed by atoms with E-state index in [9.17, 15) is 0 Å². The Morgan fingerprint density at radius 2 is 2.25 bits per heavy atom. The molecule has 1 aromatic heterocycles. The topological polar surface area (TPSA) is 38.9 Å². The molecule has 0 spiro atoms. The first-order chi connectivity index (χ1) is 5.66. The molecule has 2 aromatic rings. The molecule has 0 amide bonds. The zero-order chi connectivity index (χ0) is 8.72. The summed E-state index contributed by atoms with van der Waals surface area (Å²) in [7, 11) is 0. The second-order valence-electron chi connectivity index (χ2n) is 2.66. The Morgan fingerprint density at radius 1 is 1.50 bits per heavy atom. The van der Waals surface area contributed by atoms with E-state index in [-0.39, 0.29) is 0 Å². The Bertz CT molecular complexity index is 395. The van der Waals surface area contributed by atoms with E-state index in [1.807, 2.05) is 19.1 Å². The molecule has 1 heterocycles. The number of hydrogen-bond acceptors (Lipinski definition) is 4. The number of anilines is 1. The summed E-state index contributed by atoms with van der Waals surface area (Å²) in [5.74, 6) is 0. The molecule has 0 aliphatic heterocycles. The van der Waals surface area contributed by atoms with E-state index in [0.29, 0.717) is 5.13 Å². The van der Waals surface area contributed by atoms with Gasteiger partial charge in [-0.1, -0.05) is 11.3 Å². The monoisotopic (exact) mass is 196 g/mol. The quantitative estimate of drug-likeness (QED) is 0.635. The molecule has 0 radical (unpaired) electrons. The van der Waals surface area contributed by atoms with Crippen molar-refractivity contribution in [2.24, 2.45) is 0 Å². The fourth-order valence-corrected chi connectivity index (χ4v) is 2.12. The largest absolute Gasteiger partial charge is 0.375 e. The highest BCUT2D eigenvalue weighted by atomic mass is 32.1. The number of hydrogen-bond donors (Lipinski definition) is 2. The maximum absolute atomic E-state index is 5.57. The van der Waals surface area contributed by atoms with Gasteiger partial charge in [-0.05, 0) is 24.6 Å². The normalized spacial score (nSPS) is 10.8. The summed E-state index contributed by atoms with van der Waals surface area (Å²) in [6.07, 6.45) is 0. The van der Waals surface area contributed by atoms with E-state index >= 15 is 0 Å². The SMILES string of the molecule is Cc1cc2nc(N)sc2cc1S. The standard InChI is InChI=1S/C8H8N2S2/c1-4-2-5-7(3-6(4)11)12-8(9)10-5/h2-3,11H,1H3,(H2,9,10). The predicted molar refractivity (Wildman–Crippen MR) is 56.0 cm³/mol. The minimum absolute atomic E-state index is 0.614. The van der Waals surface area contributed by atoms with Crippen molar-refractivity contribution < 1.29 is 0 Å². The van der Waals surface area contributed by atoms with Crippen molar-refractivity contribution in [3.8, 4) is 0 Å². The van der Waals surface area contributed by atoms with E-state index in [1.54, 1.807) is 0 Å². The van der Waals surface area contributed by atoms with Gasteiger partial charge in [0.2, 0.25) is 0 Å². The molecule has 4 heteroatoms. The fraction of sp³-hybridized carbons (Fsp3) is 0.125. The zero-order valence-corrected chi connectivity index (χ0v) is 8.25. The Morgan fingerprint density at radius 3 is 3.00 bits per heavy atom. The van der Waals surface area contributed by atoms with Gasteiger partial charge < -0.3 is 5.73 Å². The Balaban J connectivity index is 2.83. The number of thiol groups is 1. The van der Waals surface area contributed by atoms with Crippen LogP contribution in [0.4, 0.5) is 5.13 Å². The molecule has 2 nitrogen and oxygen atoms in total. The highest BCUT2D eigenvalue weighted by Crippen LogP contribution is 2.27. The fourth-order valence-electron chi connectivity index (χ4n) is 1.09. The van der Waals surface area contributed by atoms with E-state index < -0.39 is 0 Å². The summed E-state index contributed by atoms with van der Waals surface area (Å²) in [5.41, 5.74) is 7.67. The van der Waals surface area contributed by atoms with Gasteiger partial charge in [0, 0.05) is 4.90 Å². The van der Waals surface area contributed by atoms with Gasteiger partial charge in [-0.15, -0.1) is 12.6 Å². The molecular weight excluding hydrogens is 188 g/mol. The molecular formula is C8H8N2S2. The average molecular weight is 196 g/mol. The number of benzene rings is 1. The van der Waals surface area contributed by atoms with Crippen LogP contribution >= 0.6 is 24.0 Å². The molecule has 0 fully saturated rings. The van der Waals surface area contributed by atoms with Gasteiger partial charge in [0.25, 0.3) is 0 Å². The zero-order valence-electron chi connectivity index (χ0n) is 6.53. The van der Waals surface area contributed by atoms with Gasteiger partial charge >= 0.3 is 0 Å². The molecule has 0 saturated heterocycles. The number of nitrogens with zero attached hydrogens (tertiary/aromatic N) is 1. The highest BCUT2D eigenvalue weighted by Gasteiger charge is 2.02. The second-order valence-corrected chi connectivity index (χ2v) is 4.20. The van der Waals surface area contributed by atoms with Crippen LogP contribution in [-0.4, -0.2) is 4.98 Å². The lowest BCUT2D eigenvalue weighted by atomic mass is 10.2. The number of aromatic nitrogens is 1. The lowest BCUT2D eigenvalue weighted by Crippen LogP contribution is -1.80. The molecule has 2 N–H and O–H groups in total. The number of nitrogen functional groups attached to an aromatic ring is 1. The minimum atomic E-state index is 0.614. The van der Waals surface area contributed by atoms with E-state index in [4.69, 9.17) is 5.73 Å². The van der Waals surface area contributed by atoms with Gasteiger partial charge in [-0.25, -0.2) is 4.98 Å². The summed E-state index contributed by atoms with van der Waals surface area (Å²) in [4.78, 5) is 5.17. The average Bonchev–Trinajstić information content (AvgIpc) is 2.30. The van der Waals surface area contributed by atoms with Crippen molar-refractivity contribution >= 4 is 39.3 Å². The number of thiazole rings is 1. The highest BCUT2D eigenvalue weighted by molar-refractivity contribution is 7.80. The lowest BCUT2D eigenvalue weighted by molar-refractivity contribution is 1.33. The van der Waals surface area contributed by atoms with Crippen molar-refractivity contribution in [2.75, 3.05) is 5.73 Å². The molecule has 0 unspecified atom stereocenters. The van der Waals surface area contributed by atoms with Gasteiger partial charge in [-0.3, -0.25) is 0 Å². The molecule has 0 aliphatic rings. The summed E-state index contributed by atoms with van der Waals surface area (Å²) >= 11 is 5.81.